The van der Waals surface area contributed by atoms with Crippen LogP contribution in [0.3, 0.4) is 0 Å². The zero-order valence-electron chi connectivity index (χ0n) is 9.92. The normalized spacial score (nSPS) is 15.0. The van der Waals surface area contributed by atoms with Gasteiger partial charge < -0.3 is 9.05 Å². The Labute approximate surface area is 96.5 Å². The first-order valence-corrected chi connectivity index (χ1v) is 6.97. The number of hydrogen-bond acceptors (Lipinski definition) is 4. The number of pyridine rings is 1. The summed E-state index contributed by atoms with van der Waals surface area (Å²) in [7, 11) is -2.98. The number of aromatic nitrogens is 1. The van der Waals surface area contributed by atoms with E-state index in [2.05, 4.69) is 4.98 Å². The molecule has 1 rings (SSSR count). The molecule has 0 spiro atoms. The lowest BCUT2D eigenvalue weighted by atomic mass is 10.3. The minimum absolute atomic E-state index is 0.135. The van der Waals surface area contributed by atoms with Gasteiger partial charge in [-0.05, 0) is 18.6 Å². The number of rotatable bonds is 6. The first-order chi connectivity index (χ1) is 7.58. The Bertz CT molecular complexity index is 354. The molecule has 1 aromatic heterocycles. The Morgan fingerprint density at radius 3 is 2.69 bits per heavy atom. The van der Waals surface area contributed by atoms with Gasteiger partial charge in [0.15, 0.2) is 0 Å². The van der Waals surface area contributed by atoms with Crippen LogP contribution in [0, 0.1) is 0 Å². The average Bonchev–Trinajstić information content (AvgIpc) is 2.28. The molecule has 0 amide bonds. The van der Waals surface area contributed by atoms with Gasteiger partial charge in [0.05, 0.1) is 18.9 Å². The van der Waals surface area contributed by atoms with E-state index in [1.807, 2.05) is 32.9 Å². The second-order valence-corrected chi connectivity index (χ2v) is 6.31. The van der Waals surface area contributed by atoms with E-state index in [0.29, 0.717) is 6.61 Å². The molecule has 4 nitrogen and oxygen atoms in total. The fraction of sp³-hybridized carbons (Fsp3) is 0.545. The van der Waals surface area contributed by atoms with Gasteiger partial charge >= 0.3 is 7.60 Å². The van der Waals surface area contributed by atoms with E-state index in [-0.39, 0.29) is 12.3 Å². The van der Waals surface area contributed by atoms with Crippen LogP contribution in [0.5, 0.6) is 0 Å². The largest absolute Gasteiger partial charge is 0.333 e. The summed E-state index contributed by atoms with van der Waals surface area (Å²) in [5, 5.41) is 0. The molecule has 1 atom stereocenters. The Hall–Kier alpha value is -0.700. The van der Waals surface area contributed by atoms with Crippen molar-refractivity contribution >= 4 is 7.60 Å². The van der Waals surface area contributed by atoms with E-state index in [4.69, 9.17) is 9.05 Å². The molecule has 0 N–H and O–H groups in total. The van der Waals surface area contributed by atoms with Crippen LogP contribution in [-0.4, -0.2) is 17.2 Å². The van der Waals surface area contributed by atoms with Crippen molar-refractivity contribution < 1.29 is 13.6 Å². The van der Waals surface area contributed by atoms with Crippen LogP contribution in [0.15, 0.2) is 24.5 Å². The second-order valence-electron chi connectivity index (χ2n) is 3.69. The average molecular weight is 243 g/mol. The molecule has 16 heavy (non-hydrogen) atoms. The van der Waals surface area contributed by atoms with Gasteiger partial charge in [-0.2, -0.15) is 0 Å². The van der Waals surface area contributed by atoms with E-state index in [0.717, 1.165) is 5.56 Å². The molecule has 5 heteroatoms. The monoisotopic (exact) mass is 243 g/mol. The van der Waals surface area contributed by atoms with Crippen LogP contribution in [0.1, 0.15) is 26.3 Å². The third-order valence-electron chi connectivity index (χ3n) is 2.08. The third-order valence-corrected chi connectivity index (χ3v) is 4.45. The molecule has 1 aromatic rings. The highest BCUT2D eigenvalue weighted by molar-refractivity contribution is 7.54. The number of nitrogens with zero attached hydrogens (tertiary/aromatic N) is 1. The standard InChI is InChI=1S/C11H18NO3P/c1-4-14-16(13,10(2)3)15-9-11-6-5-7-12-8-11/h5-8,10H,4,9H2,1-3H3. The van der Waals surface area contributed by atoms with E-state index in [1.54, 1.807) is 12.4 Å². The molecular weight excluding hydrogens is 225 g/mol. The number of hydrogen-bond donors (Lipinski definition) is 0. The summed E-state index contributed by atoms with van der Waals surface area (Å²) in [4.78, 5) is 3.97. The molecule has 90 valence electrons. The quantitative estimate of drug-likeness (QED) is 0.719. The molecule has 0 fully saturated rings. The Morgan fingerprint density at radius 1 is 1.44 bits per heavy atom. The Balaban J connectivity index is 2.61. The summed E-state index contributed by atoms with van der Waals surface area (Å²) in [5.74, 6) is 0. The van der Waals surface area contributed by atoms with Crippen molar-refractivity contribution in [2.24, 2.45) is 0 Å². The van der Waals surface area contributed by atoms with Crippen LogP contribution in [0.2, 0.25) is 0 Å². The summed E-state index contributed by atoms with van der Waals surface area (Å²) < 4.78 is 22.9. The van der Waals surface area contributed by atoms with Gasteiger partial charge in [0.1, 0.15) is 0 Å². The van der Waals surface area contributed by atoms with Gasteiger partial charge in [-0.1, -0.05) is 19.9 Å². The molecule has 0 radical (unpaired) electrons. The fourth-order valence-electron chi connectivity index (χ4n) is 1.16. The third kappa shape index (κ3) is 3.71. The minimum Gasteiger partial charge on any atom is -0.309 e. The SMILES string of the molecule is CCOP(=O)(OCc1cccnc1)C(C)C. The van der Waals surface area contributed by atoms with Crippen molar-refractivity contribution in [3.63, 3.8) is 0 Å². The summed E-state index contributed by atoms with van der Waals surface area (Å²) in [6.07, 6.45) is 3.38. The van der Waals surface area contributed by atoms with Crippen molar-refractivity contribution in [1.29, 1.82) is 0 Å². The molecule has 0 aliphatic carbocycles. The molecule has 0 aliphatic rings. The highest BCUT2D eigenvalue weighted by Crippen LogP contribution is 2.53. The van der Waals surface area contributed by atoms with E-state index >= 15 is 0 Å². The first-order valence-electron chi connectivity index (χ1n) is 5.36. The maximum Gasteiger partial charge on any atom is 0.333 e. The zero-order chi connectivity index (χ0) is 12.0. The van der Waals surface area contributed by atoms with Gasteiger partial charge in [0, 0.05) is 12.4 Å². The summed E-state index contributed by atoms with van der Waals surface area (Å²) in [5.41, 5.74) is 0.757. The first kappa shape index (κ1) is 13.4. The second kappa shape index (κ2) is 6.14. The van der Waals surface area contributed by atoms with Crippen molar-refractivity contribution in [2.75, 3.05) is 6.61 Å². The van der Waals surface area contributed by atoms with Crippen LogP contribution in [0.4, 0.5) is 0 Å². The van der Waals surface area contributed by atoms with Crippen LogP contribution < -0.4 is 0 Å². The molecule has 0 aromatic carbocycles. The van der Waals surface area contributed by atoms with Crippen molar-refractivity contribution in [1.82, 2.24) is 4.98 Å². The Kier molecular flexibility index (Phi) is 5.13. The highest BCUT2D eigenvalue weighted by Gasteiger charge is 2.28. The van der Waals surface area contributed by atoms with Crippen LogP contribution in [0.25, 0.3) is 0 Å². The zero-order valence-corrected chi connectivity index (χ0v) is 10.8. The van der Waals surface area contributed by atoms with Gasteiger partial charge in [0.25, 0.3) is 0 Å². The molecule has 0 bridgehead atoms. The van der Waals surface area contributed by atoms with Gasteiger partial charge in [-0.15, -0.1) is 0 Å². The predicted octanol–water partition coefficient (Wildman–Crippen LogP) is 3.24. The lowest BCUT2D eigenvalue weighted by Crippen LogP contribution is -2.06. The summed E-state index contributed by atoms with van der Waals surface area (Å²) >= 11 is 0. The van der Waals surface area contributed by atoms with Crippen molar-refractivity contribution in [2.45, 2.75) is 33.0 Å². The molecule has 0 saturated carbocycles. The lowest BCUT2D eigenvalue weighted by molar-refractivity contribution is 0.199. The van der Waals surface area contributed by atoms with Gasteiger partial charge in [-0.25, -0.2) is 0 Å². The fourth-order valence-corrected chi connectivity index (χ4v) is 2.52. The van der Waals surface area contributed by atoms with Gasteiger partial charge in [-0.3, -0.25) is 9.55 Å². The van der Waals surface area contributed by atoms with Crippen LogP contribution >= 0.6 is 7.60 Å². The summed E-state index contributed by atoms with van der Waals surface area (Å²) in [6, 6.07) is 3.70. The highest BCUT2D eigenvalue weighted by atomic mass is 31.2. The van der Waals surface area contributed by atoms with Crippen LogP contribution in [-0.2, 0) is 20.2 Å². The maximum atomic E-state index is 12.2. The Morgan fingerprint density at radius 2 is 2.19 bits per heavy atom. The molecular formula is C11H18NO3P. The smallest absolute Gasteiger partial charge is 0.309 e. The molecule has 1 unspecified atom stereocenters. The predicted molar refractivity (Wildman–Crippen MR) is 63.4 cm³/mol. The molecule has 0 saturated heterocycles. The lowest BCUT2D eigenvalue weighted by Gasteiger charge is -2.20. The van der Waals surface area contributed by atoms with E-state index in [9.17, 15) is 4.57 Å². The summed E-state index contributed by atoms with van der Waals surface area (Å²) in [6.45, 7) is 6.13. The topological polar surface area (TPSA) is 48.4 Å². The van der Waals surface area contributed by atoms with Crippen molar-refractivity contribution in [3.8, 4) is 0 Å². The van der Waals surface area contributed by atoms with E-state index in [1.165, 1.54) is 0 Å². The van der Waals surface area contributed by atoms with Crippen molar-refractivity contribution in [3.05, 3.63) is 30.1 Å². The molecule has 0 aliphatic heterocycles. The van der Waals surface area contributed by atoms with Gasteiger partial charge in [0.2, 0.25) is 0 Å². The van der Waals surface area contributed by atoms with E-state index < -0.39 is 7.60 Å². The minimum atomic E-state index is -2.98. The molecule has 1 heterocycles. The maximum absolute atomic E-state index is 12.2.